The smallest absolute Gasteiger partial charge is 0.123 e. The van der Waals surface area contributed by atoms with E-state index < -0.39 is 0 Å². The van der Waals surface area contributed by atoms with Gasteiger partial charge in [-0.3, -0.25) is 0 Å². The molecule has 0 aliphatic heterocycles. The van der Waals surface area contributed by atoms with Crippen molar-refractivity contribution in [2.75, 3.05) is 5.73 Å². The van der Waals surface area contributed by atoms with Gasteiger partial charge in [-0.15, -0.1) is 0 Å². The molecule has 0 saturated carbocycles. The molecule has 0 saturated heterocycles. The molecule has 0 aliphatic rings. The Morgan fingerprint density at radius 2 is 1.58 bits per heavy atom. The summed E-state index contributed by atoms with van der Waals surface area (Å²) in [5, 5.41) is 0. The number of benzene rings is 2. The lowest BCUT2D eigenvalue weighted by Gasteiger charge is -2.12. The van der Waals surface area contributed by atoms with Crippen molar-refractivity contribution in [3.05, 3.63) is 58.7 Å². The Bertz CT molecular complexity index is 558. The fraction of sp³-hybridized carbons (Fsp3) is 0.294. The number of ether oxygens (including phenoxy) is 1. The molecule has 2 rings (SSSR count). The van der Waals surface area contributed by atoms with Crippen LogP contribution in [0.2, 0.25) is 0 Å². The fourth-order valence-corrected chi connectivity index (χ4v) is 2.00. The second kappa shape index (κ2) is 5.79. The molecule has 0 heterocycles. The van der Waals surface area contributed by atoms with Crippen LogP contribution in [0.4, 0.5) is 5.69 Å². The molecule has 0 aliphatic carbocycles. The Labute approximate surface area is 115 Å². The van der Waals surface area contributed by atoms with Crippen LogP contribution in [0, 0.1) is 13.8 Å². The Hall–Kier alpha value is -1.96. The van der Waals surface area contributed by atoms with Crippen molar-refractivity contribution in [1.82, 2.24) is 0 Å². The summed E-state index contributed by atoms with van der Waals surface area (Å²) in [6.45, 7) is 6.77. The second-order valence-corrected chi connectivity index (χ2v) is 4.93. The van der Waals surface area contributed by atoms with Crippen LogP contribution in [0.25, 0.3) is 0 Å². The second-order valence-electron chi connectivity index (χ2n) is 4.93. The lowest BCUT2D eigenvalue weighted by Crippen LogP contribution is -1.99. The summed E-state index contributed by atoms with van der Waals surface area (Å²) in [5.74, 6) is 0.909. The van der Waals surface area contributed by atoms with Gasteiger partial charge in [-0.2, -0.15) is 0 Å². The molecule has 19 heavy (non-hydrogen) atoms. The predicted octanol–water partition coefficient (Wildman–Crippen LogP) is 4.03. The molecule has 0 spiro atoms. The normalized spacial score (nSPS) is 10.5. The van der Waals surface area contributed by atoms with E-state index in [2.05, 4.69) is 31.2 Å². The van der Waals surface area contributed by atoms with Gasteiger partial charge in [0.2, 0.25) is 0 Å². The first-order chi connectivity index (χ1) is 9.10. The maximum atomic E-state index is 5.88. The number of nitrogen functional groups attached to an aromatic ring is 1. The van der Waals surface area contributed by atoms with Crippen LogP contribution in [0.15, 0.2) is 36.4 Å². The van der Waals surface area contributed by atoms with E-state index in [1.807, 2.05) is 26.0 Å². The molecular formula is C17H21NO. The van der Waals surface area contributed by atoms with Gasteiger partial charge in [-0.05, 0) is 54.7 Å². The van der Waals surface area contributed by atoms with Crippen LogP contribution in [-0.2, 0) is 13.0 Å². The van der Waals surface area contributed by atoms with Crippen molar-refractivity contribution in [1.29, 1.82) is 0 Å². The maximum absolute atomic E-state index is 5.88. The van der Waals surface area contributed by atoms with Crippen molar-refractivity contribution in [3.63, 3.8) is 0 Å². The van der Waals surface area contributed by atoms with Gasteiger partial charge < -0.3 is 10.5 Å². The summed E-state index contributed by atoms with van der Waals surface area (Å²) in [7, 11) is 0. The molecule has 0 bridgehead atoms. The number of rotatable bonds is 4. The van der Waals surface area contributed by atoms with Crippen LogP contribution in [0.1, 0.15) is 29.2 Å². The zero-order chi connectivity index (χ0) is 13.8. The third-order valence-electron chi connectivity index (χ3n) is 3.39. The van der Waals surface area contributed by atoms with Crippen molar-refractivity contribution in [2.24, 2.45) is 0 Å². The Kier molecular flexibility index (Phi) is 4.10. The quantitative estimate of drug-likeness (QED) is 0.837. The van der Waals surface area contributed by atoms with Crippen molar-refractivity contribution in [2.45, 2.75) is 33.8 Å². The summed E-state index contributed by atoms with van der Waals surface area (Å²) in [6.07, 6.45) is 1.07. The molecule has 0 amide bonds. The third-order valence-corrected chi connectivity index (χ3v) is 3.39. The topological polar surface area (TPSA) is 35.2 Å². The van der Waals surface area contributed by atoms with Gasteiger partial charge in [0.1, 0.15) is 12.4 Å². The average Bonchev–Trinajstić information content (AvgIpc) is 2.42. The van der Waals surface area contributed by atoms with E-state index in [0.717, 1.165) is 29.0 Å². The van der Waals surface area contributed by atoms with Crippen LogP contribution < -0.4 is 10.5 Å². The van der Waals surface area contributed by atoms with E-state index in [-0.39, 0.29) is 0 Å². The highest BCUT2D eigenvalue weighted by Crippen LogP contribution is 2.25. The molecule has 2 N–H and O–H groups in total. The van der Waals surface area contributed by atoms with E-state index in [4.69, 9.17) is 10.5 Å². The first-order valence-electron chi connectivity index (χ1n) is 6.67. The standard InChI is InChI=1S/C17H21NO/c1-4-14-5-7-15(8-6-14)11-19-17-10-12(2)16(18)9-13(17)3/h5-10H,4,11,18H2,1-3H3. The Morgan fingerprint density at radius 1 is 0.947 bits per heavy atom. The highest BCUT2D eigenvalue weighted by Gasteiger charge is 2.04. The lowest BCUT2D eigenvalue weighted by molar-refractivity contribution is 0.304. The summed E-state index contributed by atoms with van der Waals surface area (Å²) < 4.78 is 5.88. The SMILES string of the molecule is CCc1ccc(COc2cc(C)c(N)cc2C)cc1. The molecule has 0 aromatic heterocycles. The van der Waals surface area contributed by atoms with Gasteiger partial charge >= 0.3 is 0 Å². The third kappa shape index (κ3) is 3.28. The van der Waals surface area contributed by atoms with Crippen LogP contribution in [0.5, 0.6) is 5.75 Å². The minimum absolute atomic E-state index is 0.591. The minimum Gasteiger partial charge on any atom is -0.489 e. The molecule has 2 nitrogen and oxygen atoms in total. The number of aryl methyl sites for hydroxylation is 3. The van der Waals surface area contributed by atoms with E-state index in [0.29, 0.717) is 6.61 Å². The molecular weight excluding hydrogens is 234 g/mol. The Morgan fingerprint density at radius 3 is 2.21 bits per heavy atom. The molecule has 0 radical (unpaired) electrons. The van der Waals surface area contributed by atoms with Crippen LogP contribution in [-0.4, -0.2) is 0 Å². The predicted molar refractivity (Wildman–Crippen MR) is 80.5 cm³/mol. The minimum atomic E-state index is 0.591. The molecule has 100 valence electrons. The van der Waals surface area contributed by atoms with Crippen LogP contribution in [0.3, 0.4) is 0 Å². The van der Waals surface area contributed by atoms with Crippen molar-refractivity contribution < 1.29 is 4.74 Å². The Balaban J connectivity index is 2.07. The zero-order valence-corrected chi connectivity index (χ0v) is 11.9. The van der Waals surface area contributed by atoms with Gasteiger partial charge in [-0.1, -0.05) is 31.2 Å². The number of nitrogens with two attached hydrogens (primary N) is 1. The molecule has 2 heteroatoms. The van der Waals surface area contributed by atoms with Gasteiger partial charge in [0.05, 0.1) is 0 Å². The zero-order valence-electron chi connectivity index (χ0n) is 11.9. The molecule has 2 aromatic rings. The number of hydrogen-bond acceptors (Lipinski definition) is 2. The average molecular weight is 255 g/mol. The molecule has 0 fully saturated rings. The summed E-state index contributed by atoms with van der Waals surface area (Å²) in [5.41, 5.74) is 11.4. The first kappa shape index (κ1) is 13.5. The number of anilines is 1. The lowest BCUT2D eigenvalue weighted by atomic mass is 10.1. The van der Waals surface area contributed by atoms with Gasteiger partial charge in [-0.25, -0.2) is 0 Å². The maximum Gasteiger partial charge on any atom is 0.123 e. The van der Waals surface area contributed by atoms with Crippen molar-refractivity contribution in [3.8, 4) is 5.75 Å². The monoisotopic (exact) mass is 255 g/mol. The summed E-state index contributed by atoms with van der Waals surface area (Å²) in [6, 6.07) is 12.5. The fourth-order valence-electron chi connectivity index (χ4n) is 2.00. The molecule has 0 unspecified atom stereocenters. The summed E-state index contributed by atoms with van der Waals surface area (Å²) >= 11 is 0. The van der Waals surface area contributed by atoms with Gasteiger partial charge in [0.25, 0.3) is 0 Å². The van der Waals surface area contributed by atoms with E-state index in [1.165, 1.54) is 11.1 Å². The molecule has 0 atom stereocenters. The van der Waals surface area contributed by atoms with Crippen LogP contribution >= 0.6 is 0 Å². The van der Waals surface area contributed by atoms with Gasteiger partial charge in [0.15, 0.2) is 0 Å². The summed E-state index contributed by atoms with van der Waals surface area (Å²) in [4.78, 5) is 0. The van der Waals surface area contributed by atoms with E-state index in [1.54, 1.807) is 0 Å². The number of hydrogen-bond donors (Lipinski definition) is 1. The van der Waals surface area contributed by atoms with E-state index in [9.17, 15) is 0 Å². The highest BCUT2D eigenvalue weighted by molar-refractivity contribution is 5.53. The van der Waals surface area contributed by atoms with E-state index >= 15 is 0 Å². The van der Waals surface area contributed by atoms with Gasteiger partial charge in [0, 0.05) is 5.69 Å². The first-order valence-corrected chi connectivity index (χ1v) is 6.67. The largest absolute Gasteiger partial charge is 0.489 e. The highest BCUT2D eigenvalue weighted by atomic mass is 16.5. The molecule has 2 aromatic carbocycles. The van der Waals surface area contributed by atoms with Crippen molar-refractivity contribution >= 4 is 5.69 Å².